The molecule has 3 aliphatic rings. The van der Waals surface area contributed by atoms with Crippen LogP contribution in [0.2, 0.25) is 0 Å². The van der Waals surface area contributed by atoms with E-state index in [4.69, 9.17) is 0 Å². The van der Waals surface area contributed by atoms with Crippen molar-refractivity contribution in [2.24, 2.45) is 5.41 Å². The summed E-state index contributed by atoms with van der Waals surface area (Å²) in [6.45, 7) is 7.05. The number of sulfonamides is 1. The van der Waals surface area contributed by atoms with Gasteiger partial charge in [-0.05, 0) is 44.6 Å². The van der Waals surface area contributed by atoms with Crippen LogP contribution in [0.3, 0.4) is 0 Å². The molecule has 2 aliphatic heterocycles. The highest BCUT2D eigenvalue weighted by Gasteiger charge is 2.42. The fourth-order valence-electron chi connectivity index (χ4n) is 4.62. The average molecular weight is 314 g/mol. The monoisotopic (exact) mass is 314 g/mol. The second-order valence-corrected chi connectivity index (χ2v) is 9.76. The molecule has 4 nitrogen and oxygen atoms in total. The largest absolute Gasteiger partial charge is 0.297 e. The fourth-order valence-corrected chi connectivity index (χ4v) is 6.97. The lowest BCUT2D eigenvalue weighted by atomic mass is 9.77. The molecular weight excluding hydrogens is 284 g/mol. The molecule has 21 heavy (non-hydrogen) atoms. The van der Waals surface area contributed by atoms with Crippen molar-refractivity contribution < 1.29 is 8.42 Å². The molecule has 2 heterocycles. The molecule has 2 atom stereocenters. The first kappa shape index (κ1) is 15.8. The van der Waals surface area contributed by atoms with E-state index in [0.29, 0.717) is 11.8 Å². The number of piperazine rings is 1. The predicted molar refractivity (Wildman–Crippen MR) is 85.7 cm³/mol. The summed E-state index contributed by atoms with van der Waals surface area (Å²) in [5.74, 6) is 0.358. The number of hydrogen-bond donors (Lipinski definition) is 0. The van der Waals surface area contributed by atoms with Crippen LogP contribution in [0.25, 0.3) is 0 Å². The Bertz CT molecular complexity index is 471. The molecule has 3 fully saturated rings. The van der Waals surface area contributed by atoms with Crippen molar-refractivity contribution in [1.82, 2.24) is 9.21 Å². The van der Waals surface area contributed by atoms with Gasteiger partial charge in [-0.25, -0.2) is 8.42 Å². The van der Waals surface area contributed by atoms with E-state index in [2.05, 4.69) is 18.7 Å². The Morgan fingerprint density at radius 1 is 1.10 bits per heavy atom. The highest BCUT2D eigenvalue weighted by Crippen LogP contribution is 2.38. The van der Waals surface area contributed by atoms with Gasteiger partial charge in [-0.15, -0.1) is 0 Å². The molecule has 1 saturated carbocycles. The van der Waals surface area contributed by atoms with Crippen molar-refractivity contribution in [3.63, 3.8) is 0 Å². The molecule has 0 radical (unpaired) electrons. The van der Waals surface area contributed by atoms with Crippen LogP contribution in [0.4, 0.5) is 0 Å². The van der Waals surface area contributed by atoms with Crippen LogP contribution < -0.4 is 0 Å². The van der Waals surface area contributed by atoms with Gasteiger partial charge in [-0.1, -0.05) is 26.2 Å². The van der Waals surface area contributed by atoms with Crippen molar-refractivity contribution in [2.45, 2.75) is 70.9 Å². The molecular formula is C16H30N2O2S. The average Bonchev–Trinajstić information content (AvgIpc) is 2.84. The molecule has 0 spiro atoms. The third-order valence-corrected chi connectivity index (χ3v) is 8.11. The summed E-state index contributed by atoms with van der Waals surface area (Å²) in [6.07, 6.45) is 8.19. The summed E-state index contributed by atoms with van der Waals surface area (Å²) in [4.78, 5) is 2.49. The predicted octanol–water partition coefficient (Wildman–Crippen LogP) is 2.46. The Kier molecular flexibility index (Phi) is 4.37. The second kappa shape index (κ2) is 5.82. The van der Waals surface area contributed by atoms with E-state index in [-0.39, 0.29) is 11.5 Å². The van der Waals surface area contributed by atoms with Gasteiger partial charge in [-0.3, -0.25) is 4.90 Å². The molecule has 0 aromatic carbocycles. The number of nitrogens with zero attached hydrogens (tertiary/aromatic N) is 2. The van der Waals surface area contributed by atoms with Gasteiger partial charge in [-0.2, -0.15) is 4.31 Å². The van der Waals surface area contributed by atoms with Crippen LogP contribution in [0.15, 0.2) is 0 Å². The lowest BCUT2D eigenvalue weighted by molar-refractivity contribution is 0.115. The van der Waals surface area contributed by atoms with Crippen molar-refractivity contribution in [2.75, 3.05) is 25.4 Å². The van der Waals surface area contributed by atoms with Crippen molar-refractivity contribution in [3.05, 3.63) is 0 Å². The minimum absolute atomic E-state index is 0.00358. The smallest absolute Gasteiger partial charge is 0.214 e. The molecule has 0 bridgehead atoms. The van der Waals surface area contributed by atoms with Gasteiger partial charge >= 0.3 is 0 Å². The standard InChI is InChI=1S/C16H30N2O2S/c1-14-11-17-10-6-7-15(17)12-18(14)21(19,20)13-16(2)8-4-3-5-9-16/h14-15H,3-13H2,1-2H3/t14-,15-/m0/s1. The molecule has 0 aromatic heterocycles. The Morgan fingerprint density at radius 2 is 1.81 bits per heavy atom. The maximum atomic E-state index is 13.0. The second-order valence-electron chi connectivity index (χ2n) is 7.84. The zero-order chi connectivity index (χ0) is 15.1. The normalized spacial score (nSPS) is 34.8. The van der Waals surface area contributed by atoms with Crippen molar-refractivity contribution >= 4 is 10.0 Å². The van der Waals surface area contributed by atoms with E-state index in [1.54, 1.807) is 0 Å². The van der Waals surface area contributed by atoms with Crippen LogP contribution in [-0.4, -0.2) is 55.1 Å². The van der Waals surface area contributed by atoms with E-state index in [1.165, 1.54) is 25.7 Å². The van der Waals surface area contributed by atoms with Crippen molar-refractivity contribution in [3.8, 4) is 0 Å². The van der Waals surface area contributed by atoms with E-state index in [9.17, 15) is 8.42 Å². The number of rotatable bonds is 3. The summed E-state index contributed by atoms with van der Waals surface area (Å²) in [7, 11) is -3.12. The van der Waals surface area contributed by atoms with Gasteiger partial charge in [0.1, 0.15) is 0 Å². The molecule has 0 N–H and O–H groups in total. The Balaban J connectivity index is 1.71. The molecule has 2 saturated heterocycles. The van der Waals surface area contributed by atoms with Gasteiger partial charge in [0.2, 0.25) is 10.0 Å². The van der Waals surface area contributed by atoms with Gasteiger partial charge in [0.15, 0.2) is 0 Å². The molecule has 1 aliphatic carbocycles. The Labute approximate surface area is 129 Å². The maximum absolute atomic E-state index is 13.0. The van der Waals surface area contributed by atoms with Crippen molar-refractivity contribution in [1.29, 1.82) is 0 Å². The van der Waals surface area contributed by atoms with Gasteiger partial charge in [0.05, 0.1) is 5.75 Å². The summed E-state index contributed by atoms with van der Waals surface area (Å²) in [6, 6.07) is 0.603. The van der Waals surface area contributed by atoms with Gasteiger partial charge in [0.25, 0.3) is 0 Å². The fraction of sp³-hybridized carbons (Fsp3) is 1.00. The van der Waals surface area contributed by atoms with Crippen LogP contribution in [0.1, 0.15) is 58.8 Å². The van der Waals surface area contributed by atoms with Crippen LogP contribution in [-0.2, 0) is 10.0 Å². The number of fused-ring (bicyclic) bond motifs is 1. The van der Waals surface area contributed by atoms with Crippen LogP contribution in [0.5, 0.6) is 0 Å². The summed E-state index contributed by atoms with van der Waals surface area (Å²) in [5, 5.41) is 0. The minimum atomic E-state index is -3.12. The third kappa shape index (κ3) is 3.30. The zero-order valence-electron chi connectivity index (χ0n) is 13.6. The topological polar surface area (TPSA) is 40.6 Å². The summed E-state index contributed by atoms with van der Waals surface area (Å²) in [5.41, 5.74) is 0.00358. The molecule has 0 aromatic rings. The SMILES string of the molecule is C[C@H]1CN2CCC[C@H]2CN1S(=O)(=O)CC1(C)CCCCC1. The Morgan fingerprint density at radius 3 is 2.52 bits per heavy atom. The quantitative estimate of drug-likeness (QED) is 0.803. The molecule has 122 valence electrons. The lowest BCUT2D eigenvalue weighted by Gasteiger charge is -2.43. The summed E-state index contributed by atoms with van der Waals surface area (Å²) < 4.78 is 27.8. The van der Waals surface area contributed by atoms with E-state index in [0.717, 1.165) is 38.9 Å². The van der Waals surface area contributed by atoms with E-state index in [1.807, 2.05) is 4.31 Å². The maximum Gasteiger partial charge on any atom is 0.214 e. The Hall–Kier alpha value is -0.130. The molecule has 3 rings (SSSR count). The first-order valence-electron chi connectivity index (χ1n) is 8.63. The highest BCUT2D eigenvalue weighted by atomic mass is 32.2. The van der Waals surface area contributed by atoms with Gasteiger partial charge < -0.3 is 0 Å². The van der Waals surface area contributed by atoms with E-state index >= 15 is 0 Å². The molecule has 0 unspecified atom stereocenters. The zero-order valence-corrected chi connectivity index (χ0v) is 14.4. The lowest BCUT2D eigenvalue weighted by Crippen LogP contribution is -2.57. The summed E-state index contributed by atoms with van der Waals surface area (Å²) >= 11 is 0. The third-order valence-electron chi connectivity index (χ3n) is 5.83. The van der Waals surface area contributed by atoms with E-state index < -0.39 is 10.0 Å². The van der Waals surface area contributed by atoms with Gasteiger partial charge in [0, 0.05) is 25.2 Å². The number of hydrogen-bond acceptors (Lipinski definition) is 3. The first-order chi connectivity index (χ1) is 9.90. The first-order valence-corrected chi connectivity index (χ1v) is 10.2. The van der Waals surface area contributed by atoms with Crippen LogP contribution >= 0.6 is 0 Å². The highest BCUT2D eigenvalue weighted by molar-refractivity contribution is 7.89. The molecule has 0 amide bonds. The minimum Gasteiger partial charge on any atom is -0.297 e. The van der Waals surface area contributed by atoms with Crippen LogP contribution in [0, 0.1) is 5.41 Å². The molecule has 5 heteroatoms.